The predicted octanol–water partition coefficient (Wildman–Crippen LogP) is -0.714. The van der Waals surface area contributed by atoms with E-state index in [-0.39, 0.29) is 29.9 Å². The van der Waals surface area contributed by atoms with Crippen molar-refractivity contribution in [3.8, 4) is 11.5 Å². The van der Waals surface area contributed by atoms with Crippen LogP contribution in [0.5, 0.6) is 11.5 Å². The van der Waals surface area contributed by atoms with Crippen molar-refractivity contribution in [2.24, 2.45) is 5.73 Å². The summed E-state index contributed by atoms with van der Waals surface area (Å²) >= 11 is 0. The van der Waals surface area contributed by atoms with Crippen molar-refractivity contribution in [1.29, 1.82) is 0 Å². The van der Waals surface area contributed by atoms with E-state index in [1.807, 2.05) is 0 Å². The smallest absolute Gasteiger partial charge is 0.455 e. The first-order valence-corrected chi connectivity index (χ1v) is 8.88. The summed E-state index contributed by atoms with van der Waals surface area (Å²) in [6.07, 6.45) is 0.0876. The molecule has 0 amide bonds. The predicted molar refractivity (Wildman–Crippen MR) is 97.4 cm³/mol. The number of hydrogen-bond donors (Lipinski definition) is 6. The van der Waals surface area contributed by atoms with Crippen LogP contribution in [0.3, 0.4) is 0 Å². The van der Waals surface area contributed by atoms with Crippen molar-refractivity contribution in [2.75, 3.05) is 19.6 Å². The number of likely N-dealkylation sites (tertiary alicyclic amines) is 1. The number of phenols is 1. The molecule has 1 saturated heterocycles. The van der Waals surface area contributed by atoms with E-state index in [0.717, 1.165) is 0 Å². The molecule has 1 heterocycles. The highest BCUT2D eigenvalue weighted by Gasteiger charge is 2.48. The van der Waals surface area contributed by atoms with Crippen LogP contribution in [0, 0.1) is 0 Å². The van der Waals surface area contributed by atoms with Gasteiger partial charge >= 0.3 is 19.1 Å². The Morgan fingerprint density at radius 2 is 1.96 bits per heavy atom. The summed E-state index contributed by atoms with van der Waals surface area (Å²) in [7, 11) is -1.52. The van der Waals surface area contributed by atoms with Crippen LogP contribution in [0.2, 0.25) is 5.82 Å². The summed E-state index contributed by atoms with van der Waals surface area (Å²) in [6, 6.07) is 2.98. The molecule has 152 valence electrons. The summed E-state index contributed by atoms with van der Waals surface area (Å²) < 4.78 is 5.69. The van der Waals surface area contributed by atoms with Gasteiger partial charge in [0.25, 0.3) is 0 Å². The van der Waals surface area contributed by atoms with Crippen molar-refractivity contribution in [1.82, 2.24) is 4.90 Å². The lowest BCUT2D eigenvalue weighted by Crippen LogP contribution is -2.62. The third-order valence-corrected chi connectivity index (χ3v) is 5.26. The fourth-order valence-electron chi connectivity index (χ4n) is 3.53. The van der Waals surface area contributed by atoms with Gasteiger partial charge in [-0.25, -0.2) is 4.79 Å². The number of carboxylic acid groups (broad SMARTS) is 2. The number of rotatable bonds is 8. The van der Waals surface area contributed by atoms with Crippen LogP contribution in [-0.2, 0) is 4.79 Å². The van der Waals surface area contributed by atoms with Crippen LogP contribution in [0.15, 0.2) is 12.1 Å². The highest BCUT2D eigenvalue weighted by atomic mass is 16.5. The molecule has 0 aromatic heterocycles. The Hall–Kier alpha value is -2.34. The highest BCUT2D eigenvalue weighted by Crippen LogP contribution is 2.56. The van der Waals surface area contributed by atoms with Crippen LogP contribution in [0.4, 0.5) is 0 Å². The molecule has 0 spiro atoms. The van der Waals surface area contributed by atoms with E-state index in [2.05, 4.69) is 0 Å². The molecule has 1 aliphatic heterocycles. The van der Waals surface area contributed by atoms with Gasteiger partial charge in [-0.05, 0) is 30.9 Å². The van der Waals surface area contributed by atoms with Crippen LogP contribution >= 0.6 is 0 Å². The van der Waals surface area contributed by atoms with Crippen molar-refractivity contribution in [3.05, 3.63) is 23.3 Å². The monoisotopic (exact) mass is 394 g/mol. The Labute approximate surface area is 161 Å². The van der Waals surface area contributed by atoms with E-state index in [1.165, 1.54) is 19.1 Å². The van der Waals surface area contributed by atoms with E-state index in [4.69, 9.17) is 15.6 Å². The number of carbonyl (C=O) groups is 2. The summed E-state index contributed by atoms with van der Waals surface area (Å²) in [6.45, 7) is 2.30. The number of aromatic carboxylic acids is 1. The van der Waals surface area contributed by atoms with Crippen LogP contribution in [0.25, 0.3) is 0 Å². The number of hydrogen-bond acceptors (Lipinski definition) is 8. The molecule has 1 saturated carbocycles. The van der Waals surface area contributed by atoms with Crippen molar-refractivity contribution < 1.29 is 39.7 Å². The summed E-state index contributed by atoms with van der Waals surface area (Å²) in [5.74, 6) is -3.64. The largest absolute Gasteiger partial charge is 0.507 e. The molecule has 2 fully saturated rings. The molecule has 0 radical (unpaired) electrons. The summed E-state index contributed by atoms with van der Waals surface area (Å²) in [5.41, 5.74) is 4.29. The Kier molecular flexibility index (Phi) is 5.28. The quantitative estimate of drug-likeness (QED) is 0.309. The molecule has 3 rings (SSSR count). The maximum Gasteiger partial charge on any atom is 0.455 e. The second-order valence-corrected chi connectivity index (χ2v) is 7.76. The third-order valence-electron chi connectivity index (χ3n) is 5.26. The van der Waals surface area contributed by atoms with E-state index in [1.54, 1.807) is 4.90 Å². The number of aliphatic carboxylic acids is 1. The summed E-state index contributed by atoms with van der Waals surface area (Å²) in [5, 5.41) is 47.4. The van der Waals surface area contributed by atoms with Crippen molar-refractivity contribution >= 4 is 19.1 Å². The van der Waals surface area contributed by atoms with Gasteiger partial charge in [-0.3, -0.25) is 9.69 Å². The molecule has 1 aromatic carbocycles. The lowest BCUT2D eigenvalue weighted by molar-refractivity contribution is -0.144. The maximum atomic E-state index is 11.6. The molecule has 0 unspecified atom stereocenters. The Balaban J connectivity index is 1.68. The van der Waals surface area contributed by atoms with Gasteiger partial charge in [0.15, 0.2) is 0 Å². The van der Waals surface area contributed by atoms with Crippen LogP contribution < -0.4 is 10.5 Å². The van der Waals surface area contributed by atoms with Crippen LogP contribution in [0.1, 0.15) is 35.2 Å². The molecule has 7 N–H and O–H groups in total. The van der Waals surface area contributed by atoms with Gasteiger partial charge in [0, 0.05) is 25.5 Å². The van der Waals surface area contributed by atoms with E-state index >= 15 is 0 Å². The second kappa shape index (κ2) is 7.24. The molecule has 28 heavy (non-hydrogen) atoms. The van der Waals surface area contributed by atoms with Gasteiger partial charge in [-0.1, -0.05) is 6.07 Å². The molecule has 2 aliphatic rings. The Bertz CT molecular complexity index is 794. The standard InChI is InChI=1S/C17H23BN2O8/c1-17(19,16(24)25)7-20-5-8(6-20)28-12-3-2-9(10-4-11(10)18(26)27)14(21)13(12)15(22)23/h2-3,8,10-11,21,26-27H,4-7,19H2,1H3,(H,22,23)(H,24,25)/t10-,11-,17+/m1/s1. The topological polar surface area (TPSA) is 174 Å². The zero-order valence-corrected chi connectivity index (χ0v) is 15.3. The first-order chi connectivity index (χ1) is 13.0. The van der Waals surface area contributed by atoms with Crippen molar-refractivity contribution in [2.45, 2.75) is 36.7 Å². The Morgan fingerprint density at radius 3 is 2.46 bits per heavy atom. The van der Waals surface area contributed by atoms with E-state index in [0.29, 0.717) is 25.1 Å². The van der Waals surface area contributed by atoms with Crippen molar-refractivity contribution in [3.63, 3.8) is 0 Å². The average molecular weight is 394 g/mol. The summed E-state index contributed by atoms with van der Waals surface area (Å²) in [4.78, 5) is 24.5. The van der Waals surface area contributed by atoms with Gasteiger partial charge in [0.1, 0.15) is 28.7 Å². The minimum absolute atomic E-state index is 0.00823. The number of benzene rings is 1. The lowest BCUT2D eigenvalue weighted by Gasteiger charge is -2.41. The third kappa shape index (κ3) is 3.92. The minimum atomic E-state index is -1.52. The van der Waals surface area contributed by atoms with Gasteiger partial charge in [0.05, 0.1) is 0 Å². The zero-order chi connectivity index (χ0) is 20.8. The second-order valence-electron chi connectivity index (χ2n) is 7.76. The van der Waals surface area contributed by atoms with Gasteiger partial charge in [0.2, 0.25) is 0 Å². The fourth-order valence-corrected chi connectivity index (χ4v) is 3.53. The molecule has 0 bridgehead atoms. The SMILES string of the molecule is C[C@](N)(CN1CC(Oc2ccc([C@H]3C[C@H]3B(O)O)c(O)c2C(=O)O)C1)C(=O)O. The molecule has 1 aromatic rings. The molecule has 10 nitrogen and oxygen atoms in total. The zero-order valence-electron chi connectivity index (χ0n) is 15.3. The molecular formula is C17H23BN2O8. The number of ether oxygens (including phenoxy) is 1. The number of aromatic hydroxyl groups is 1. The first-order valence-electron chi connectivity index (χ1n) is 8.88. The average Bonchev–Trinajstić information content (AvgIpc) is 3.32. The number of nitrogens with zero attached hydrogens (tertiary/aromatic N) is 1. The number of nitrogens with two attached hydrogens (primary N) is 1. The lowest BCUT2D eigenvalue weighted by atomic mass is 9.81. The molecular weight excluding hydrogens is 371 g/mol. The first kappa shape index (κ1) is 20.4. The maximum absolute atomic E-state index is 11.6. The fraction of sp³-hybridized carbons (Fsp3) is 0.529. The van der Waals surface area contributed by atoms with E-state index in [9.17, 15) is 29.9 Å². The minimum Gasteiger partial charge on any atom is -0.507 e. The molecule has 11 heteroatoms. The van der Waals surface area contributed by atoms with E-state index < -0.39 is 36.2 Å². The molecule has 3 atom stereocenters. The van der Waals surface area contributed by atoms with Gasteiger partial charge < -0.3 is 35.8 Å². The van der Waals surface area contributed by atoms with Gasteiger partial charge in [-0.15, -0.1) is 0 Å². The normalized spacial score (nSPS) is 24.1. The van der Waals surface area contributed by atoms with Gasteiger partial charge in [-0.2, -0.15) is 0 Å². The molecule has 1 aliphatic carbocycles. The number of carboxylic acids is 2. The highest BCUT2D eigenvalue weighted by molar-refractivity contribution is 6.44. The van der Waals surface area contributed by atoms with Crippen LogP contribution in [-0.4, -0.2) is 80.6 Å². The Morgan fingerprint density at radius 1 is 1.32 bits per heavy atom.